The summed E-state index contributed by atoms with van der Waals surface area (Å²) in [6.45, 7) is 2.02. The van der Waals surface area contributed by atoms with Gasteiger partial charge in [-0.05, 0) is 44.1 Å². The summed E-state index contributed by atoms with van der Waals surface area (Å²) in [7, 11) is 1.93. The summed E-state index contributed by atoms with van der Waals surface area (Å²) in [6, 6.07) is 5.93. The molecule has 0 aromatic carbocycles. The summed E-state index contributed by atoms with van der Waals surface area (Å²) in [6.07, 6.45) is 5.87. The summed E-state index contributed by atoms with van der Waals surface area (Å²) >= 11 is 0. The second-order valence-corrected chi connectivity index (χ2v) is 4.76. The standard InChI is InChI=1S/C14H18N4O/c1-18-13(6-10-17-18)12-3-2-7-16-14(12)19-11-4-8-15-9-5-11/h2-3,6-7,10-11,15H,4-5,8-9H2,1H3. The Morgan fingerprint density at radius 2 is 2.11 bits per heavy atom. The lowest BCUT2D eigenvalue weighted by molar-refractivity contribution is 0.156. The fraction of sp³-hybridized carbons (Fsp3) is 0.429. The summed E-state index contributed by atoms with van der Waals surface area (Å²) in [4.78, 5) is 4.39. The van der Waals surface area contributed by atoms with Crippen LogP contribution in [0.3, 0.4) is 0 Å². The van der Waals surface area contributed by atoms with E-state index in [9.17, 15) is 0 Å². The van der Waals surface area contributed by atoms with Gasteiger partial charge in [0.2, 0.25) is 5.88 Å². The second kappa shape index (κ2) is 5.40. The number of ether oxygens (including phenoxy) is 1. The smallest absolute Gasteiger partial charge is 0.223 e. The molecule has 0 aliphatic carbocycles. The van der Waals surface area contributed by atoms with Gasteiger partial charge < -0.3 is 10.1 Å². The molecule has 0 bridgehead atoms. The van der Waals surface area contributed by atoms with Crippen LogP contribution < -0.4 is 10.1 Å². The highest BCUT2D eigenvalue weighted by atomic mass is 16.5. The molecule has 2 aromatic heterocycles. The summed E-state index contributed by atoms with van der Waals surface area (Å²) < 4.78 is 7.91. The van der Waals surface area contributed by atoms with Crippen LogP contribution in [-0.4, -0.2) is 34.0 Å². The van der Waals surface area contributed by atoms with Crippen molar-refractivity contribution in [1.29, 1.82) is 0 Å². The molecule has 0 atom stereocenters. The molecule has 1 aliphatic heterocycles. The zero-order valence-corrected chi connectivity index (χ0v) is 11.0. The van der Waals surface area contributed by atoms with Crippen LogP contribution in [0, 0.1) is 0 Å². The number of piperidine rings is 1. The SMILES string of the molecule is Cn1nccc1-c1cccnc1OC1CCNCC1. The molecule has 3 rings (SSSR count). The number of nitrogens with one attached hydrogen (secondary N) is 1. The van der Waals surface area contributed by atoms with Gasteiger partial charge in [-0.15, -0.1) is 0 Å². The maximum atomic E-state index is 6.07. The van der Waals surface area contributed by atoms with E-state index in [2.05, 4.69) is 15.4 Å². The van der Waals surface area contributed by atoms with Crippen molar-refractivity contribution in [3.63, 3.8) is 0 Å². The fourth-order valence-electron chi connectivity index (χ4n) is 2.39. The predicted octanol–water partition coefficient (Wildman–Crippen LogP) is 1.61. The lowest BCUT2D eigenvalue weighted by Gasteiger charge is -2.24. The molecule has 19 heavy (non-hydrogen) atoms. The van der Waals surface area contributed by atoms with E-state index in [0.717, 1.165) is 37.2 Å². The van der Waals surface area contributed by atoms with Gasteiger partial charge in [0, 0.05) is 19.4 Å². The molecule has 1 fully saturated rings. The van der Waals surface area contributed by atoms with Gasteiger partial charge in [-0.2, -0.15) is 5.10 Å². The van der Waals surface area contributed by atoms with Gasteiger partial charge in [-0.25, -0.2) is 4.98 Å². The van der Waals surface area contributed by atoms with Crippen LogP contribution in [0.1, 0.15) is 12.8 Å². The van der Waals surface area contributed by atoms with Gasteiger partial charge in [0.05, 0.1) is 11.3 Å². The minimum absolute atomic E-state index is 0.253. The van der Waals surface area contributed by atoms with Crippen molar-refractivity contribution in [2.75, 3.05) is 13.1 Å². The Morgan fingerprint density at radius 1 is 1.26 bits per heavy atom. The Labute approximate surface area is 112 Å². The number of pyridine rings is 1. The third-order valence-corrected chi connectivity index (χ3v) is 3.43. The maximum Gasteiger partial charge on any atom is 0.223 e. The van der Waals surface area contributed by atoms with Crippen LogP contribution in [0.25, 0.3) is 11.3 Å². The van der Waals surface area contributed by atoms with Crippen LogP contribution in [0.5, 0.6) is 5.88 Å². The molecular weight excluding hydrogens is 240 g/mol. The second-order valence-electron chi connectivity index (χ2n) is 4.76. The molecule has 0 unspecified atom stereocenters. The molecule has 1 saturated heterocycles. The van der Waals surface area contributed by atoms with E-state index in [1.807, 2.05) is 29.9 Å². The Hall–Kier alpha value is -1.88. The first-order valence-corrected chi connectivity index (χ1v) is 6.65. The van der Waals surface area contributed by atoms with E-state index < -0.39 is 0 Å². The van der Waals surface area contributed by atoms with E-state index in [1.54, 1.807) is 12.4 Å². The van der Waals surface area contributed by atoms with E-state index in [1.165, 1.54) is 0 Å². The topological polar surface area (TPSA) is 52.0 Å². The number of aryl methyl sites for hydroxylation is 1. The monoisotopic (exact) mass is 258 g/mol. The normalized spacial score (nSPS) is 16.5. The van der Waals surface area contributed by atoms with Crippen LogP contribution in [0.4, 0.5) is 0 Å². The quantitative estimate of drug-likeness (QED) is 0.909. The molecule has 3 heterocycles. The van der Waals surface area contributed by atoms with Crippen LogP contribution in [0.2, 0.25) is 0 Å². The van der Waals surface area contributed by atoms with Crippen molar-refractivity contribution in [2.24, 2.45) is 7.05 Å². The molecule has 1 aliphatic rings. The summed E-state index contributed by atoms with van der Waals surface area (Å²) in [5.41, 5.74) is 2.03. The third kappa shape index (κ3) is 2.61. The van der Waals surface area contributed by atoms with Crippen molar-refractivity contribution in [1.82, 2.24) is 20.1 Å². The molecule has 0 radical (unpaired) electrons. The van der Waals surface area contributed by atoms with Crippen molar-refractivity contribution in [2.45, 2.75) is 18.9 Å². The average Bonchev–Trinajstić information content (AvgIpc) is 2.87. The van der Waals surface area contributed by atoms with Crippen LogP contribution in [0.15, 0.2) is 30.6 Å². The molecule has 0 spiro atoms. The summed E-state index contributed by atoms with van der Waals surface area (Å²) in [5, 5.41) is 7.54. The van der Waals surface area contributed by atoms with E-state index >= 15 is 0 Å². The molecule has 100 valence electrons. The zero-order chi connectivity index (χ0) is 13.1. The lowest BCUT2D eigenvalue weighted by atomic mass is 10.1. The van der Waals surface area contributed by atoms with E-state index in [-0.39, 0.29) is 6.10 Å². The Kier molecular flexibility index (Phi) is 3.46. The average molecular weight is 258 g/mol. The molecule has 1 N–H and O–H groups in total. The zero-order valence-electron chi connectivity index (χ0n) is 11.0. The maximum absolute atomic E-state index is 6.07. The first-order chi connectivity index (χ1) is 9.34. The van der Waals surface area contributed by atoms with Crippen LogP contribution in [-0.2, 0) is 7.05 Å². The molecule has 5 heteroatoms. The third-order valence-electron chi connectivity index (χ3n) is 3.43. The highest BCUT2D eigenvalue weighted by Gasteiger charge is 2.18. The number of nitrogens with zero attached hydrogens (tertiary/aromatic N) is 3. The lowest BCUT2D eigenvalue weighted by Crippen LogP contribution is -2.34. The Morgan fingerprint density at radius 3 is 2.84 bits per heavy atom. The summed E-state index contributed by atoms with van der Waals surface area (Å²) in [5.74, 6) is 0.706. The highest BCUT2D eigenvalue weighted by molar-refractivity contribution is 5.64. The minimum Gasteiger partial charge on any atom is -0.474 e. The van der Waals surface area contributed by atoms with Crippen LogP contribution >= 0.6 is 0 Å². The fourth-order valence-corrected chi connectivity index (χ4v) is 2.39. The van der Waals surface area contributed by atoms with E-state index in [0.29, 0.717) is 5.88 Å². The van der Waals surface area contributed by atoms with Gasteiger partial charge in [-0.1, -0.05) is 0 Å². The molecule has 0 amide bonds. The van der Waals surface area contributed by atoms with Gasteiger partial charge in [0.15, 0.2) is 0 Å². The number of rotatable bonds is 3. The predicted molar refractivity (Wildman–Crippen MR) is 73.0 cm³/mol. The minimum atomic E-state index is 0.253. The molecule has 2 aromatic rings. The van der Waals surface area contributed by atoms with Gasteiger partial charge >= 0.3 is 0 Å². The van der Waals surface area contributed by atoms with Crippen molar-refractivity contribution < 1.29 is 4.74 Å². The van der Waals surface area contributed by atoms with Gasteiger partial charge in [0.25, 0.3) is 0 Å². The number of hydrogen-bond donors (Lipinski definition) is 1. The van der Waals surface area contributed by atoms with Crippen molar-refractivity contribution in [3.8, 4) is 17.1 Å². The van der Waals surface area contributed by atoms with E-state index in [4.69, 9.17) is 4.74 Å². The first kappa shape index (κ1) is 12.2. The molecular formula is C14H18N4O. The van der Waals surface area contributed by atoms with Gasteiger partial charge in [-0.3, -0.25) is 4.68 Å². The van der Waals surface area contributed by atoms with Crippen molar-refractivity contribution >= 4 is 0 Å². The first-order valence-electron chi connectivity index (χ1n) is 6.65. The Balaban J connectivity index is 1.87. The Bertz CT molecular complexity index is 546. The van der Waals surface area contributed by atoms with Gasteiger partial charge in [0.1, 0.15) is 6.10 Å². The number of hydrogen-bond acceptors (Lipinski definition) is 4. The molecule has 5 nitrogen and oxygen atoms in total. The molecule has 0 saturated carbocycles. The van der Waals surface area contributed by atoms with Crippen molar-refractivity contribution in [3.05, 3.63) is 30.6 Å². The number of aromatic nitrogens is 3. The largest absolute Gasteiger partial charge is 0.474 e. The highest BCUT2D eigenvalue weighted by Crippen LogP contribution is 2.28.